The summed E-state index contributed by atoms with van der Waals surface area (Å²) >= 11 is 0. The topological polar surface area (TPSA) is 87.2 Å². The van der Waals surface area contributed by atoms with Crippen LogP contribution in [0.3, 0.4) is 0 Å². The molecule has 0 unspecified atom stereocenters. The van der Waals surface area contributed by atoms with Crippen LogP contribution in [-0.2, 0) is 14.6 Å². The first kappa shape index (κ1) is 16.5. The zero-order valence-electron chi connectivity index (χ0n) is 12.8. The molecule has 21 heavy (non-hydrogen) atoms. The third kappa shape index (κ3) is 4.31. The van der Waals surface area contributed by atoms with Gasteiger partial charge in [-0.1, -0.05) is 0 Å². The number of amides is 1. The lowest BCUT2D eigenvalue weighted by atomic mass is 10.2. The Balaban J connectivity index is 1.94. The largest absolute Gasteiger partial charge is 0.444 e. The zero-order valence-corrected chi connectivity index (χ0v) is 13.6. The molecule has 8 heteroatoms. The van der Waals surface area contributed by atoms with Gasteiger partial charge in [0.2, 0.25) is 0 Å². The van der Waals surface area contributed by atoms with Crippen LogP contribution in [0.25, 0.3) is 0 Å². The van der Waals surface area contributed by atoms with E-state index in [2.05, 4.69) is 0 Å². The van der Waals surface area contributed by atoms with Crippen molar-refractivity contribution in [2.24, 2.45) is 0 Å². The molecule has 0 bridgehead atoms. The molecule has 1 amide bonds. The Morgan fingerprint density at radius 1 is 1.19 bits per heavy atom. The van der Waals surface area contributed by atoms with E-state index >= 15 is 0 Å². The smallest absolute Gasteiger partial charge is 0.410 e. The van der Waals surface area contributed by atoms with Crippen molar-refractivity contribution in [2.75, 3.05) is 37.7 Å². The van der Waals surface area contributed by atoms with Crippen molar-refractivity contribution in [1.29, 1.82) is 0 Å². The van der Waals surface area contributed by atoms with E-state index in [9.17, 15) is 18.3 Å². The third-order valence-corrected chi connectivity index (χ3v) is 5.37. The average molecular weight is 320 g/mol. The lowest BCUT2D eigenvalue weighted by molar-refractivity contribution is 0.0269. The first-order valence-corrected chi connectivity index (χ1v) is 9.00. The van der Waals surface area contributed by atoms with Crippen LogP contribution in [0.15, 0.2) is 0 Å². The van der Waals surface area contributed by atoms with Crippen LogP contribution in [0.1, 0.15) is 20.8 Å². The van der Waals surface area contributed by atoms with Crippen molar-refractivity contribution in [3.63, 3.8) is 0 Å². The Kier molecular flexibility index (Phi) is 4.51. The molecular weight excluding hydrogens is 296 g/mol. The molecule has 2 fully saturated rings. The van der Waals surface area contributed by atoms with E-state index in [1.807, 2.05) is 4.90 Å². The van der Waals surface area contributed by atoms with Gasteiger partial charge in [-0.2, -0.15) is 0 Å². The highest BCUT2D eigenvalue weighted by atomic mass is 32.2. The second-order valence-corrected chi connectivity index (χ2v) is 9.01. The standard InChI is InChI=1S/C13H24N2O5S/c1-13(2,3)20-12(17)15-8-10(11(16)9-15)14-4-6-21(18,19)7-5-14/h10-11,16H,4-9H2,1-3H3/t10-,11-/m1/s1. The average Bonchev–Trinajstić information content (AvgIpc) is 2.69. The summed E-state index contributed by atoms with van der Waals surface area (Å²) in [5, 5.41) is 10.1. The summed E-state index contributed by atoms with van der Waals surface area (Å²) in [5.74, 6) is 0.227. The number of rotatable bonds is 1. The Bertz CT molecular complexity index is 485. The SMILES string of the molecule is CC(C)(C)OC(=O)N1C[C@@H](O)[C@H](N2CCS(=O)(=O)CC2)C1. The number of hydrogen-bond acceptors (Lipinski definition) is 6. The van der Waals surface area contributed by atoms with E-state index < -0.39 is 27.6 Å². The summed E-state index contributed by atoms with van der Waals surface area (Å²) in [4.78, 5) is 15.5. The number of ether oxygens (including phenoxy) is 1. The quantitative estimate of drug-likeness (QED) is 0.713. The van der Waals surface area contributed by atoms with Crippen LogP contribution < -0.4 is 0 Å². The van der Waals surface area contributed by atoms with Gasteiger partial charge in [0.05, 0.1) is 30.2 Å². The number of carbonyl (C=O) groups is 1. The van der Waals surface area contributed by atoms with Crippen LogP contribution in [0.4, 0.5) is 4.79 Å². The maximum absolute atomic E-state index is 12.0. The van der Waals surface area contributed by atoms with Gasteiger partial charge in [0.1, 0.15) is 5.60 Å². The van der Waals surface area contributed by atoms with Crippen LogP contribution >= 0.6 is 0 Å². The fourth-order valence-corrected chi connectivity index (χ4v) is 3.89. The van der Waals surface area contributed by atoms with Gasteiger partial charge in [-0.15, -0.1) is 0 Å². The Morgan fingerprint density at radius 2 is 1.76 bits per heavy atom. The molecule has 2 aliphatic heterocycles. The molecule has 1 N–H and O–H groups in total. The van der Waals surface area contributed by atoms with Crippen LogP contribution in [0.2, 0.25) is 0 Å². The predicted octanol–water partition coefficient (Wildman–Crippen LogP) is -0.303. The molecule has 0 aromatic carbocycles. The van der Waals surface area contributed by atoms with E-state index in [0.29, 0.717) is 19.6 Å². The Morgan fingerprint density at radius 3 is 2.29 bits per heavy atom. The lowest BCUT2D eigenvalue weighted by Crippen LogP contribution is -2.50. The molecule has 2 aliphatic rings. The molecule has 2 atom stereocenters. The van der Waals surface area contributed by atoms with Crippen molar-refractivity contribution in [1.82, 2.24) is 9.80 Å². The third-order valence-electron chi connectivity index (χ3n) is 3.76. The highest BCUT2D eigenvalue weighted by Gasteiger charge is 2.40. The summed E-state index contributed by atoms with van der Waals surface area (Å²) in [7, 11) is -2.95. The monoisotopic (exact) mass is 320 g/mol. The molecule has 0 saturated carbocycles. The molecule has 2 saturated heterocycles. The second-order valence-electron chi connectivity index (χ2n) is 6.71. The lowest BCUT2D eigenvalue weighted by Gasteiger charge is -2.33. The van der Waals surface area contributed by atoms with Gasteiger partial charge < -0.3 is 14.7 Å². The number of carbonyl (C=O) groups excluding carboxylic acids is 1. The van der Waals surface area contributed by atoms with Gasteiger partial charge in [0.25, 0.3) is 0 Å². The summed E-state index contributed by atoms with van der Waals surface area (Å²) in [6.45, 7) is 6.80. The molecule has 0 aromatic rings. The Hall–Kier alpha value is -0.860. The van der Waals surface area contributed by atoms with E-state index in [4.69, 9.17) is 4.74 Å². The number of hydrogen-bond donors (Lipinski definition) is 1. The Labute approximate surface area is 125 Å². The van der Waals surface area contributed by atoms with Gasteiger partial charge >= 0.3 is 6.09 Å². The number of sulfone groups is 1. The maximum atomic E-state index is 12.0. The zero-order chi connectivity index (χ0) is 15.8. The second kappa shape index (κ2) is 5.73. The van der Waals surface area contributed by atoms with Crippen molar-refractivity contribution in [2.45, 2.75) is 38.5 Å². The van der Waals surface area contributed by atoms with E-state index in [-0.39, 0.29) is 24.1 Å². The highest BCUT2D eigenvalue weighted by Crippen LogP contribution is 2.21. The predicted molar refractivity (Wildman–Crippen MR) is 77.8 cm³/mol. The van der Waals surface area contributed by atoms with Crippen LogP contribution in [0.5, 0.6) is 0 Å². The molecule has 0 aromatic heterocycles. The number of nitrogens with zero attached hydrogens (tertiary/aromatic N) is 2. The number of aliphatic hydroxyl groups excluding tert-OH is 1. The molecule has 7 nitrogen and oxygen atoms in total. The van der Waals surface area contributed by atoms with Crippen LogP contribution in [-0.4, -0.2) is 84.8 Å². The summed E-state index contributed by atoms with van der Waals surface area (Å²) in [5.41, 5.74) is -0.570. The molecule has 2 heterocycles. The van der Waals surface area contributed by atoms with E-state index in [0.717, 1.165) is 0 Å². The molecule has 0 radical (unpaired) electrons. The molecule has 0 aliphatic carbocycles. The molecular formula is C13H24N2O5S. The normalized spacial score (nSPS) is 30.4. The molecule has 0 spiro atoms. The number of likely N-dealkylation sites (tertiary alicyclic amines) is 1. The van der Waals surface area contributed by atoms with Crippen molar-refractivity contribution in [3.8, 4) is 0 Å². The molecule has 122 valence electrons. The summed E-state index contributed by atoms with van der Waals surface area (Å²) in [6, 6.07) is -0.215. The van der Waals surface area contributed by atoms with Gasteiger partial charge in [0.15, 0.2) is 9.84 Å². The number of aliphatic hydroxyl groups is 1. The fraction of sp³-hybridized carbons (Fsp3) is 0.923. The fourth-order valence-electron chi connectivity index (χ4n) is 2.66. The first-order chi connectivity index (χ1) is 9.57. The van der Waals surface area contributed by atoms with Crippen molar-refractivity contribution in [3.05, 3.63) is 0 Å². The van der Waals surface area contributed by atoms with Crippen molar-refractivity contribution < 1.29 is 23.1 Å². The van der Waals surface area contributed by atoms with Gasteiger partial charge in [0, 0.05) is 19.6 Å². The van der Waals surface area contributed by atoms with Gasteiger partial charge in [-0.05, 0) is 20.8 Å². The van der Waals surface area contributed by atoms with Crippen molar-refractivity contribution >= 4 is 15.9 Å². The highest BCUT2D eigenvalue weighted by molar-refractivity contribution is 7.91. The van der Waals surface area contributed by atoms with E-state index in [1.165, 1.54) is 4.90 Å². The minimum absolute atomic E-state index is 0.114. The first-order valence-electron chi connectivity index (χ1n) is 7.18. The van der Waals surface area contributed by atoms with E-state index in [1.54, 1.807) is 20.8 Å². The minimum atomic E-state index is -2.95. The molecule has 2 rings (SSSR count). The minimum Gasteiger partial charge on any atom is -0.444 e. The van der Waals surface area contributed by atoms with Gasteiger partial charge in [-0.3, -0.25) is 4.90 Å². The number of β-amino-alcohol motifs (C(OH)–C–C–N with tert-alkyl or cyclic N) is 1. The van der Waals surface area contributed by atoms with Crippen LogP contribution in [0, 0.1) is 0 Å². The summed E-state index contributed by atoms with van der Waals surface area (Å²) < 4.78 is 28.2. The summed E-state index contributed by atoms with van der Waals surface area (Å²) in [6.07, 6.45) is -1.10. The van der Waals surface area contributed by atoms with Gasteiger partial charge in [-0.25, -0.2) is 13.2 Å². The maximum Gasteiger partial charge on any atom is 0.410 e.